The second-order valence-corrected chi connectivity index (χ2v) is 18.2. The molecule has 0 unspecified atom stereocenters. The van der Waals surface area contributed by atoms with E-state index >= 15 is 0 Å². The lowest BCUT2D eigenvalue weighted by Gasteiger charge is -2.41. The van der Waals surface area contributed by atoms with Gasteiger partial charge < -0.3 is 14.1 Å². The van der Waals surface area contributed by atoms with Gasteiger partial charge in [0.25, 0.3) is 0 Å². The average Bonchev–Trinajstić information content (AvgIpc) is 2.98. The van der Waals surface area contributed by atoms with E-state index in [1.54, 1.807) is 6.07 Å². The third-order valence-electron chi connectivity index (χ3n) is 8.54. The number of benzene rings is 3. The van der Waals surface area contributed by atoms with Gasteiger partial charge in [0.15, 0.2) is 8.32 Å². The first-order chi connectivity index (χ1) is 20.5. The third kappa shape index (κ3) is 8.82. The number of fused-ring (bicyclic) bond motifs is 1. The molecule has 0 bridgehead atoms. The molecule has 0 saturated heterocycles. The maximum Gasteiger partial charge on any atom is 0.248 e. The Balaban J connectivity index is 1.77. The zero-order valence-electron chi connectivity index (χ0n) is 26.5. The summed E-state index contributed by atoms with van der Waals surface area (Å²) in [6.45, 7) is 15.3. The van der Waals surface area contributed by atoms with Crippen molar-refractivity contribution in [2.45, 2.75) is 89.8 Å². The summed E-state index contributed by atoms with van der Waals surface area (Å²) in [5.41, 5.74) is 3.70. The van der Waals surface area contributed by atoms with Crippen LogP contribution in [-0.2, 0) is 17.6 Å². The maximum absolute atomic E-state index is 12.6. The summed E-state index contributed by atoms with van der Waals surface area (Å²) in [5.74, 6) is 0.644. The minimum atomic E-state index is -2.21. The van der Waals surface area contributed by atoms with Crippen LogP contribution in [0.4, 0.5) is 0 Å². The number of rotatable bonds is 14. The van der Waals surface area contributed by atoms with Crippen LogP contribution < -0.4 is 10.3 Å². The van der Waals surface area contributed by atoms with Crippen molar-refractivity contribution >= 4 is 30.8 Å². The first-order valence-electron chi connectivity index (χ1n) is 15.4. The molecule has 0 aliphatic carbocycles. The predicted molar refractivity (Wildman–Crippen MR) is 182 cm³/mol. The fourth-order valence-corrected chi connectivity index (χ4v) is 6.55. The number of hydrogen-bond donors (Lipinski definition) is 1. The third-order valence-corrected chi connectivity index (χ3v) is 13.5. The molecule has 2 atom stereocenters. The Labute approximate surface area is 263 Å². The molecule has 0 spiro atoms. The summed E-state index contributed by atoms with van der Waals surface area (Å²) in [7, 11) is -2.21. The van der Waals surface area contributed by atoms with Crippen LogP contribution in [0, 0.1) is 0 Å². The largest absolute Gasteiger partial charge is 0.487 e. The van der Waals surface area contributed by atoms with E-state index in [1.807, 2.05) is 48.5 Å². The van der Waals surface area contributed by atoms with Gasteiger partial charge in [-0.25, -0.2) is 0 Å². The normalized spacial score (nSPS) is 13.8. The first kappa shape index (κ1) is 33.0. The number of nitrogens with one attached hydrogen (secondary N) is 1. The lowest BCUT2D eigenvalue weighted by atomic mass is 10.0. The second kappa shape index (κ2) is 14.7. The number of alkyl halides is 1. The fourth-order valence-electron chi connectivity index (χ4n) is 4.98. The van der Waals surface area contributed by atoms with Gasteiger partial charge in [-0.2, -0.15) is 0 Å². The Morgan fingerprint density at radius 3 is 2.19 bits per heavy atom. The molecule has 0 saturated carbocycles. The van der Waals surface area contributed by atoms with E-state index < -0.39 is 8.32 Å². The Kier molecular flexibility index (Phi) is 11.3. The van der Waals surface area contributed by atoms with Crippen molar-refractivity contribution in [1.82, 2.24) is 9.88 Å². The Bertz CT molecular complexity index is 1500. The molecule has 0 aliphatic heterocycles. The van der Waals surface area contributed by atoms with Crippen molar-refractivity contribution in [2.24, 2.45) is 0 Å². The molecule has 43 heavy (non-hydrogen) atoms. The van der Waals surface area contributed by atoms with Crippen LogP contribution in [0.1, 0.15) is 69.8 Å². The van der Waals surface area contributed by atoms with Gasteiger partial charge in [0.05, 0.1) is 17.1 Å². The minimum Gasteiger partial charge on any atom is -0.487 e. The number of pyridine rings is 1. The number of ether oxygens (including phenoxy) is 1. The van der Waals surface area contributed by atoms with Gasteiger partial charge in [-0.05, 0) is 53.4 Å². The van der Waals surface area contributed by atoms with Gasteiger partial charge >= 0.3 is 0 Å². The van der Waals surface area contributed by atoms with E-state index in [4.69, 9.17) is 20.8 Å². The zero-order valence-corrected chi connectivity index (χ0v) is 28.3. The lowest BCUT2D eigenvalue weighted by Crippen LogP contribution is -2.45. The van der Waals surface area contributed by atoms with Crippen LogP contribution in [0.15, 0.2) is 89.7 Å². The summed E-state index contributed by atoms with van der Waals surface area (Å²) in [6, 6.07) is 28.1. The van der Waals surface area contributed by atoms with E-state index in [-0.39, 0.29) is 22.2 Å². The molecule has 3 aromatic carbocycles. The van der Waals surface area contributed by atoms with Crippen molar-refractivity contribution in [2.75, 3.05) is 6.54 Å². The average molecular weight is 619 g/mol. The molecule has 7 heteroatoms. The van der Waals surface area contributed by atoms with Crippen molar-refractivity contribution in [3.63, 3.8) is 0 Å². The summed E-state index contributed by atoms with van der Waals surface area (Å²) in [4.78, 5) is 18.0. The van der Waals surface area contributed by atoms with Gasteiger partial charge in [0, 0.05) is 24.5 Å². The van der Waals surface area contributed by atoms with Gasteiger partial charge in [0.2, 0.25) is 5.56 Å². The molecular weight excluding hydrogens is 572 g/mol. The molecule has 230 valence electrons. The fraction of sp³-hybridized carbons (Fsp3) is 0.417. The van der Waals surface area contributed by atoms with Crippen LogP contribution in [0.2, 0.25) is 18.1 Å². The molecule has 0 radical (unpaired) electrons. The highest BCUT2D eigenvalue weighted by Gasteiger charge is 2.40. The number of hydrogen-bond acceptors (Lipinski definition) is 4. The number of unbranched alkanes of at least 4 members (excludes halogenated alkanes) is 1. The number of aromatic amines is 1. The minimum absolute atomic E-state index is 0.0148. The quantitative estimate of drug-likeness (QED) is 0.0869. The van der Waals surface area contributed by atoms with E-state index in [9.17, 15) is 4.79 Å². The van der Waals surface area contributed by atoms with Crippen molar-refractivity contribution < 1.29 is 9.16 Å². The van der Waals surface area contributed by atoms with E-state index in [2.05, 4.69) is 81.0 Å². The zero-order chi connectivity index (χ0) is 31.0. The molecule has 0 amide bonds. The molecule has 1 aromatic heterocycles. The van der Waals surface area contributed by atoms with Gasteiger partial charge in [0.1, 0.15) is 12.4 Å². The summed E-state index contributed by atoms with van der Waals surface area (Å²) in [5, 5.41) is 0.939. The molecule has 0 aliphatic rings. The molecule has 1 heterocycles. The molecular formula is C36H47ClN2O3Si. The predicted octanol–water partition coefficient (Wildman–Crippen LogP) is 9.43. The number of H-pyrrole nitrogens is 1. The number of nitrogens with zero attached hydrogens (tertiary/aromatic N) is 1. The SMILES string of the molecule is CCCC[C@H](Cl)N(Cc1ccccc1)C[C@H](O[Si](C)(C)C(C)(C)C)c1ccc(OCc2ccccc2)c2[nH]c(=O)ccc12. The summed E-state index contributed by atoms with van der Waals surface area (Å²) < 4.78 is 13.5. The van der Waals surface area contributed by atoms with E-state index in [0.717, 1.165) is 42.3 Å². The van der Waals surface area contributed by atoms with Crippen LogP contribution in [0.3, 0.4) is 0 Å². The van der Waals surface area contributed by atoms with Crippen LogP contribution >= 0.6 is 11.6 Å². The Hall–Kier alpha value is -2.90. The monoisotopic (exact) mass is 618 g/mol. The standard InChI is InChI=1S/C36H47ClN2O3Si/c1-7-8-19-33(37)39(24-27-15-11-9-12-16-27)25-32(42-43(5,6)36(2,3)4)29-20-22-31(35-30(29)21-23-34(40)38-35)41-26-28-17-13-10-14-18-28/h9-18,20-23,32-33H,7-8,19,24-26H2,1-6H3,(H,38,40)/t32-,33+/m0/s1. The first-order valence-corrected chi connectivity index (χ1v) is 18.8. The molecule has 0 fully saturated rings. The molecule has 4 aromatic rings. The highest BCUT2D eigenvalue weighted by molar-refractivity contribution is 6.74. The van der Waals surface area contributed by atoms with E-state index in [0.29, 0.717) is 24.4 Å². The summed E-state index contributed by atoms with van der Waals surface area (Å²) in [6.07, 6.45) is 2.79. The van der Waals surface area contributed by atoms with Gasteiger partial charge in [-0.3, -0.25) is 9.69 Å². The van der Waals surface area contributed by atoms with Crippen molar-refractivity contribution in [1.29, 1.82) is 0 Å². The highest BCUT2D eigenvalue weighted by Crippen LogP contribution is 2.42. The number of halogens is 1. The Morgan fingerprint density at radius 2 is 1.56 bits per heavy atom. The van der Waals surface area contributed by atoms with Crippen molar-refractivity contribution in [3.8, 4) is 5.75 Å². The number of aromatic nitrogens is 1. The molecule has 5 nitrogen and oxygen atoms in total. The van der Waals surface area contributed by atoms with Gasteiger partial charge in [-0.1, -0.05) is 107 Å². The van der Waals surface area contributed by atoms with Crippen molar-refractivity contribution in [3.05, 3.63) is 112 Å². The maximum atomic E-state index is 12.6. The second-order valence-electron chi connectivity index (χ2n) is 12.9. The molecule has 4 rings (SSSR count). The molecule has 1 N–H and O–H groups in total. The highest BCUT2D eigenvalue weighted by atomic mass is 35.5. The summed E-state index contributed by atoms with van der Waals surface area (Å²) >= 11 is 7.15. The van der Waals surface area contributed by atoms with Crippen LogP contribution in [0.25, 0.3) is 10.9 Å². The van der Waals surface area contributed by atoms with E-state index in [1.165, 1.54) is 5.56 Å². The smallest absolute Gasteiger partial charge is 0.248 e. The van der Waals surface area contributed by atoms with Crippen LogP contribution in [-0.4, -0.2) is 30.2 Å². The topological polar surface area (TPSA) is 54.6 Å². The Morgan fingerprint density at radius 1 is 0.907 bits per heavy atom. The lowest BCUT2D eigenvalue weighted by molar-refractivity contribution is 0.106. The van der Waals surface area contributed by atoms with Crippen LogP contribution in [0.5, 0.6) is 5.75 Å². The van der Waals surface area contributed by atoms with Gasteiger partial charge in [-0.15, -0.1) is 11.6 Å².